The maximum absolute atomic E-state index is 9.59. The van der Waals surface area contributed by atoms with Crippen molar-refractivity contribution in [1.82, 2.24) is 25.7 Å². The van der Waals surface area contributed by atoms with Crippen molar-refractivity contribution in [2.75, 3.05) is 13.2 Å². The van der Waals surface area contributed by atoms with Gasteiger partial charge in [0.05, 0.1) is 23.3 Å². The van der Waals surface area contributed by atoms with Crippen molar-refractivity contribution < 1.29 is 13.9 Å². The lowest BCUT2D eigenvalue weighted by atomic mass is 10.0. The number of fused-ring (bicyclic) bond motifs is 2. The van der Waals surface area contributed by atoms with Crippen molar-refractivity contribution in [1.29, 1.82) is 10.5 Å². The van der Waals surface area contributed by atoms with E-state index in [0.717, 1.165) is 81.1 Å². The summed E-state index contributed by atoms with van der Waals surface area (Å²) in [6.07, 6.45) is 4.06. The number of aromatic nitrogens is 4. The van der Waals surface area contributed by atoms with Crippen LogP contribution in [0.3, 0.4) is 0 Å². The normalized spacial score (nSPS) is 15.6. The second kappa shape index (κ2) is 19.8. The molecule has 0 saturated heterocycles. The van der Waals surface area contributed by atoms with Crippen LogP contribution in [0.2, 0.25) is 18.1 Å². The van der Waals surface area contributed by atoms with Gasteiger partial charge in [-0.05, 0) is 130 Å². The number of nitrogens with zero attached hydrogens (tertiary/aromatic N) is 6. The third kappa shape index (κ3) is 10.4. The zero-order valence-corrected chi connectivity index (χ0v) is 40.9. The zero-order chi connectivity index (χ0) is 45.8. The maximum atomic E-state index is 9.59. The molecule has 4 aromatic carbocycles. The molecule has 2 aromatic heterocycles. The van der Waals surface area contributed by atoms with Gasteiger partial charge in [-0.15, -0.1) is 20.4 Å². The predicted molar refractivity (Wildman–Crippen MR) is 260 cm³/mol. The SMILES string of the molecule is CC(C)Oc1ccc(-c2nnc(-c3cccc4c3CC[C@H]4N)s2)cc1C#N.CC(C)Oc1ccc(-c2nnc(-c3cccc4c3CC[C@H]4NCCO[Si](C)(C)C(C)(C)C)s2)cc1C#N. The molecule has 2 aliphatic rings. The summed E-state index contributed by atoms with van der Waals surface area (Å²) in [5.74, 6) is 1.19. The largest absolute Gasteiger partial charge is 0.490 e. The molecular formula is C50H58N8O3S2Si. The topological polar surface area (TPSA) is 165 Å². The van der Waals surface area contributed by atoms with Crippen molar-refractivity contribution in [2.24, 2.45) is 5.73 Å². The summed E-state index contributed by atoms with van der Waals surface area (Å²) in [5, 5.41) is 44.1. The fourth-order valence-corrected chi connectivity index (χ4v) is 10.7. The van der Waals surface area contributed by atoms with Crippen molar-refractivity contribution in [3.63, 3.8) is 0 Å². The molecule has 11 nitrogen and oxygen atoms in total. The molecule has 2 atom stereocenters. The second-order valence-corrected chi connectivity index (χ2v) is 25.1. The van der Waals surface area contributed by atoms with Crippen LogP contribution in [0.5, 0.6) is 11.5 Å². The highest BCUT2D eigenvalue weighted by atomic mass is 32.1. The van der Waals surface area contributed by atoms with Crippen LogP contribution in [0.1, 0.15) is 107 Å². The van der Waals surface area contributed by atoms with Gasteiger partial charge in [0.15, 0.2) is 8.32 Å². The Hall–Kier alpha value is -5.32. The molecule has 0 aliphatic heterocycles. The minimum Gasteiger partial charge on any atom is -0.490 e. The first-order valence-electron chi connectivity index (χ1n) is 22.0. The maximum Gasteiger partial charge on any atom is 0.192 e. The molecule has 332 valence electrons. The number of benzene rings is 4. The highest BCUT2D eigenvalue weighted by Gasteiger charge is 2.37. The molecule has 0 amide bonds. The Labute approximate surface area is 386 Å². The summed E-state index contributed by atoms with van der Waals surface area (Å²) < 4.78 is 17.8. The zero-order valence-electron chi connectivity index (χ0n) is 38.3. The third-order valence-corrected chi connectivity index (χ3v) is 18.6. The van der Waals surface area contributed by atoms with Crippen molar-refractivity contribution in [3.05, 3.63) is 106 Å². The van der Waals surface area contributed by atoms with Gasteiger partial charge < -0.3 is 25.0 Å². The fourth-order valence-electron chi connectivity index (χ4n) is 7.82. The van der Waals surface area contributed by atoms with Crippen LogP contribution in [0.4, 0.5) is 0 Å². The van der Waals surface area contributed by atoms with E-state index in [1.807, 2.05) is 70.2 Å². The molecule has 0 radical (unpaired) electrons. The molecule has 0 saturated carbocycles. The molecule has 6 aromatic rings. The monoisotopic (exact) mass is 910 g/mol. The van der Waals surface area contributed by atoms with E-state index in [4.69, 9.17) is 19.6 Å². The third-order valence-electron chi connectivity index (χ3n) is 12.1. The van der Waals surface area contributed by atoms with Crippen molar-refractivity contribution >= 4 is 31.0 Å². The number of nitrogens with one attached hydrogen (secondary N) is 1. The highest BCUT2D eigenvalue weighted by Crippen LogP contribution is 2.42. The van der Waals surface area contributed by atoms with Gasteiger partial charge in [-0.3, -0.25) is 0 Å². The number of hydrogen-bond acceptors (Lipinski definition) is 13. The quantitative estimate of drug-likeness (QED) is 0.0837. The molecule has 8 rings (SSSR count). The van der Waals surface area contributed by atoms with Gasteiger partial charge in [0.2, 0.25) is 0 Å². The summed E-state index contributed by atoms with van der Waals surface area (Å²) in [6, 6.07) is 28.8. The standard InChI is InChI=1S/C29H38N4O2SSi.C21H20N4OS/c1-19(2)35-26-14-11-20(17-21(26)18-30)27-32-33-28(36-27)24-10-8-9-23-22(24)12-13-25(23)31-15-16-34-37(6,7)29(3,4)5;1-12(2)26-19-9-6-13(10-14(19)11-22)20-24-25-21(27-20)17-5-3-4-16-15(17)7-8-18(16)23/h8-11,14,17,19,25,31H,12-13,15-16H2,1-7H3;3-6,9-10,12,18H,7-8,23H2,1-2H3/t25-;18-/m11/s1. The minimum absolute atomic E-state index is 0.00860. The molecule has 0 bridgehead atoms. The molecular weight excluding hydrogens is 853 g/mol. The van der Waals surface area contributed by atoms with Gasteiger partial charge in [0.25, 0.3) is 0 Å². The lowest BCUT2D eigenvalue weighted by Gasteiger charge is -2.36. The Morgan fingerprint density at radius 3 is 1.70 bits per heavy atom. The number of nitriles is 2. The average Bonchev–Trinajstić information content (AvgIpc) is 4.10. The minimum atomic E-state index is -1.73. The van der Waals surface area contributed by atoms with Crippen LogP contribution in [0, 0.1) is 22.7 Å². The molecule has 3 N–H and O–H groups in total. The van der Waals surface area contributed by atoms with E-state index in [9.17, 15) is 10.5 Å². The molecule has 0 spiro atoms. The summed E-state index contributed by atoms with van der Waals surface area (Å²) in [5.41, 5.74) is 16.4. The molecule has 2 aliphatic carbocycles. The van der Waals surface area contributed by atoms with Crippen LogP contribution >= 0.6 is 22.7 Å². The summed E-state index contributed by atoms with van der Waals surface area (Å²) in [6.45, 7) is 20.8. The Balaban J connectivity index is 0.000000201. The van der Waals surface area contributed by atoms with Crippen molar-refractivity contribution in [2.45, 2.75) is 117 Å². The van der Waals surface area contributed by atoms with Gasteiger partial charge in [0, 0.05) is 47.5 Å². The predicted octanol–water partition coefficient (Wildman–Crippen LogP) is 11.6. The smallest absolute Gasteiger partial charge is 0.192 e. The van der Waals surface area contributed by atoms with Gasteiger partial charge in [0.1, 0.15) is 43.7 Å². The van der Waals surface area contributed by atoms with Crippen LogP contribution in [-0.2, 0) is 17.3 Å². The summed E-state index contributed by atoms with van der Waals surface area (Å²) >= 11 is 3.10. The van der Waals surface area contributed by atoms with E-state index in [1.165, 1.54) is 33.6 Å². The molecule has 0 unspecified atom stereocenters. The number of hydrogen-bond donors (Lipinski definition) is 2. The van der Waals surface area contributed by atoms with E-state index >= 15 is 0 Å². The number of rotatable bonds is 13. The first-order valence-corrected chi connectivity index (χ1v) is 26.6. The Kier molecular flexibility index (Phi) is 14.5. The first-order chi connectivity index (χ1) is 30.6. The van der Waals surface area contributed by atoms with E-state index in [1.54, 1.807) is 11.3 Å². The van der Waals surface area contributed by atoms with E-state index in [0.29, 0.717) is 28.7 Å². The van der Waals surface area contributed by atoms with Crippen LogP contribution in [-0.4, -0.2) is 54.1 Å². The molecule has 2 heterocycles. The summed E-state index contributed by atoms with van der Waals surface area (Å²) in [4.78, 5) is 0. The average molecular weight is 911 g/mol. The number of nitrogens with two attached hydrogens (primary N) is 1. The van der Waals surface area contributed by atoms with Crippen LogP contribution < -0.4 is 20.5 Å². The first kappa shape index (κ1) is 46.7. The highest BCUT2D eigenvalue weighted by molar-refractivity contribution is 7.18. The van der Waals surface area contributed by atoms with Gasteiger partial charge in [-0.2, -0.15) is 10.5 Å². The summed E-state index contributed by atoms with van der Waals surface area (Å²) in [7, 11) is -1.73. The van der Waals surface area contributed by atoms with Crippen LogP contribution in [0.15, 0.2) is 72.8 Å². The number of ether oxygens (including phenoxy) is 2. The Morgan fingerprint density at radius 1 is 0.719 bits per heavy atom. The Bertz CT molecular complexity index is 2690. The lowest BCUT2D eigenvalue weighted by molar-refractivity contribution is 0.241. The van der Waals surface area contributed by atoms with E-state index in [-0.39, 0.29) is 23.3 Å². The lowest BCUT2D eigenvalue weighted by Crippen LogP contribution is -2.42. The van der Waals surface area contributed by atoms with Crippen LogP contribution in [0.25, 0.3) is 42.3 Å². The van der Waals surface area contributed by atoms with Gasteiger partial charge in [-0.1, -0.05) is 79.8 Å². The Morgan fingerprint density at radius 2 is 1.20 bits per heavy atom. The second-order valence-electron chi connectivity index (χ2n) is 18.3. The molecule has 14 heteroatoms. The van der Waals surface area contributed by atoms with E-state index < -0.39 is 8.32 Å². The fraction of sp³-hybridized carbons (Fsp3) is 0.400. The molecule has 0 fully saturated rings. The van der Waals surface area contributed by atoms with E-state index in [2.05, 4.69) is 102 Å². The molecule has 64 heavy (non-hydrogen) atoms. The van der Waals surface area contributed by atoms with Gasteiger partial charge >= 0.3 is 0 Å². The van der Waals surface area contributed by atoms with Gasteiger partial charge in [-0.25, -0.2) is 0 Å². The van der Waals surface area contributed by atoms with Crippen molar-refractivity contribution in [3.8, 4) is 65.9 Å².